The summed E-state index contributed by atoms with van der Waals surface area (Å²) in [5.74, 6) is 0. The maximum absolute atomic E-state index is 5.32. The molecule has 0 saturated heterocycles. The van der Waals surface area contributed by atoms with E-state index in [0.717, 1.165) is 78.0 Å². The van der Waals surface area contributed by atoms with Crippen LogP contribution in [0.4, 0.5) is 0 Å². The molecule has 0 aromatic carbocycles. The van der Waals surface area contributed by atoms with Gasteiger partial charge >= 0.3 is 63.2 Å². The number of unbranched alkanes of at least 4 members (excludes halogenated alkanes) is 2. The van der Waals surface area contributed by atoms with E-state index in [1.54, 1.807) is 0 Å². The van der Waals surface area contributed by atoms with E-state index in [-0.39, 0.29) is 138 Å². The molecule has 0 amide bonds. The van der Waals surface area contributed by atoms with Gasteiger partial charge in [0.1, 0.15) is 0 Å². The number of hydrogen-bond donors (Lipinski definition) is 6. The predicted molar refractivity (Wildman–Crippen MR) is 89.7 cm³/mol. The SMILES string of the molecule is NCCCCNCCCN.NCCCCNCCCN.[Cl-].[Cl-].[Cl-].[Cl-].[Cl-].[Cl-].[Pt+2].[Pt+2].[Pt+2]. The van der Waals surface area contributed by atoms with Crippen LogP contribution < -0.4 is 108 Å². The van der Waals surface area contributed by atoms with Crippen LogP contribution in [-0.4, -0.2) is 52.4 Å². The summed E-state index contributed by atoms with van der Waals surface area (Å²) >= 11 is 0. The molecule has 0 aromatic rings. The van der Waals surface area contributed by atoms with Crippen molar-refractivity contribution in [3.05, 3.63) is 0 Å². The first-order chi connectivity index (χ1) is 9.83. The molecule has 196 valence electrons. The first-order valence-corrected chi connectivity index (χ1v) is 8.05. The van der Waals surface area contributed by atoms with Crippen LogP contribution in [0.1, 0.15) is 38.5 Å². The van der Waals surface area contributed by atoms with Gasteiger partial charge in [0.15, 0.2) is 0 Å². The van der Waals surface area contributed by atoms with Crippen LogP contribution in [0.3, 0.4) is 0 Å². The van der Waals surface area contributed by atoms with Crippen LogP contribution in [0.25, 0.3) is 0 Å². The molecule has 10 N–H and O–H groups in total. The van der Waals surface area contributed by atoms with Crippen LogP contribution in [0.2, 0.25) is 0 Å². The predicted octanol–water partition coefficient (Wildman–Crippen LogP) is -18.7. The number of rotatable bonds is 14. The molecule has 0 aliphatic heterocycles. The van der Waals surface area contributed by atoms with Gasteiger partial charge in [-0.05, 0) is 90.9 Å². The van der Waals surface area contributed by atoms with Crippen LogP contribution >= 0.6 is 0 Å². The molecule has 0 heterocycles. The van der Waals surface area contributed by atoms with Crippen molar-refractivity contribution in [1.82, 2.24) is 10.6 Å². The van der Waals surface area contributed by atoms with Gasteiger partial charge in [-0.1, -0.05) is 0 Å². The first kappa shape index (κ1) is 69.8. The summed E-state index contributed by atoms with van der Waals surface area (Å²) < 4.78 is 0. The Morgan fingerprint density at radius 2 is 0.552 bits per heavy atom. The molecule has 0 saturated carbocycles. The van der Waals surface area contributed by atoms with Crippen LogP contribution in [0, 0.1) is 0 Å². The quantitative estimate of drug-likeness (QED) is 0.0962. The molecule has 0 aliphatic carbocycles. The zero-order valence-electron chi connectivity index (χ0n) is 16.4. The average molecular weight is 1090 g/mol. The van der Waals surface area contributed by atoms with Crippen LogP contribution in [-0.2, 0) is 63.2 Å². The Morgan fingerprint density at radius 1 is 0.345 bits per heavy atom. The summed E-state index contributed by atoms with van der Waals surface area (Å²) in [5, 5.41) is 6.57. The van der Waals surface area contributed by atoms with Gasteiger partial charge in [0.25, 0.3) is 0 Å². The van der Waals surface area contributed by atoms with E-state index in [2.05, 4.69) is 10.6 Å². The van der Waals surface area contributed by atoms with Gasteiger partial charge in [-0.3, -0.25) is 0 Å². The zero-order chi connectivity index (χ0) is 15.3. The van der Waals surface area contributed by atoms with Gasteiger partial charge in [0.05, 0.1) is 0 Å². The van der Waals surface area contributed by atoms with E-state index in [0.29, 0.717) is 0 Å². The molecule has 0 radical (unpaired) electrons. The molecule has 0 unspecified atom stereocenters. The van der Waals surface area contributed by atoms with E-state index in [1.165, 1.54) is 12.8 Å². The normalized spacial score (nSPS) is 7.03. The van der Waals surface area contributed by atoms with Crippen molar-refractivity contribution in [2.24, 2.45) is 22.9 Å². The van der Waals surface area contributed by atoms with E-state index >= 15 is 0 Å². The molecule has 29 heavy (non-hydrogen) atoms. The van der Waals surface area contributed by atoms with Gasteiger partial charge in [0, 0.05) is 0 Å². The minimum absolute atomic E-state index is 0. The molecule has 15 heteroatoms. The van der Waals surface area contributed by atoms with Gasteiger partial charge < -0.3 is 108 Å². The van der Waals surface area contributed by atoms with Crippen LogP contribution in [0.15, 0.2) is 0 Å². The molecular weight excluding hydrogens is 1050 g/mol. The Labute approximate surface area is 259 Å². The molecule has 0 bridgehead atoms. The van der Waals surface area contributed by atoms with Crippen LogP contribution in [0.5, 0.6) is 0 Å². The number of halogens is 6. The fourth-order valence-electron chi connectivity index (χ4n) is 1.49. The smallest absolute Gasteiger partial charge is 1.00 e. The van der Waals surface area contributed by atoms with Crippen molar-refractivity contribution < 1.29 is 138 Å². The topological polar surface area (TPSA) is 128 Å². The fraction of sp³-hybridized carbons (Fsp3) is 1.00. The van der Waals surface area contributed by atoms with Crippen molar-refractivity contribution in [2.75, 3.05) is 52.4 Å². The third kappa shape index (κ3) is 89.4. The minimum atomic E-state index is 0. The summed E-state index contributed by atoms with van der Waals surface area (Å²) in [6, 6.07) is 0. The number of nitrogens with two attached hydrogens (primary N) is 4. The third-order valence-corrected chi connectivity index (χ3v) is 2.73. The molecule has 0 aromatic heterocycles. The fourth-order valence-corrected chi connectivity index (χ4v) is 1.49. The Bertz CT molecular complexity index is 148. The van der Waals surface area contributed by atoms with Crippen molar-refractivity contribution >= 4 is 0 Å². The molecule has 0 fully saturated rings. The second kappa shape index (κ2) is 77.0. The van der Waals surface area contributed by atoms with Gasteiger partial charge in [-0.15, -0.1) is 0 Å². The average Bonchev–Trinajstić information content (AvgIpc) is 2.47. The van der Waals surface area contributed by atoms with Crippen molar-refractivity contribution in [3.8, 4) is 0 Å². The Hall–Kier alpha value is 3.56. The monoisotopic (exact) mass is 1090 g/mol. The van der Waals surface area contributed by atoms with E-state index in [9.17, 15) is 0 Å². The van der Waals surface area contributed by atoms with Crippen molar-refractivity contribution in [1.29, 1.82) is 0 Å². The second-order valence-electron chi connectivity index (χ2n) is 4.78. The molecular formula is C14H38Cl6N6Pt3. The third-order valence-electron chi connectivity index (χ3n) is 2.73. The standard InChI is InChI=1S/2C7H19N3.6ClH.3Pt/c2*8-4-1-2-6-10-7-3-5-9;;;;;;;;;/h2*10H,1-9H2;6*1H;;;/q;;;;;;;;3*+2/p-6. The molecule has 0 rings (SSSR count). The van der Waals surface area contributed by atoms with Crippen molar-refractivity contribution in [3.63, 3.8) is 0 Å². The van der Waals surface area contributed by atoms with Crippen molar-refractivity contribution in [2.45, 2.75) is 38.5 Å². The Balaban J connectivity index is -0.0000000189. The second-order valence-corrected chi connectivity index (χ2v) is 4.78. The van der Waals surface area contributed by atoms with Gasteiger partial charge in [-0.2, -0.15) is 0 Å². The molecule has 0 spiro atoms. The Kier molecular flexibility index (Phi) is 185. The summed E-state index contributed by atoms with van der Waals surface area (Å²) in [5.41, 5.74) is 21.3. The van der Waals surface area contributed by atoms with E-state index < -0.39 is 0 Å². The summed E-state index contributed by atoms with van der Waals surface area (Å²) in [6.07, 6.45) is 6.75. The van der Waals surface area contributed by atoms with E-state index in [4.69, 9.17) is 22.9 Å². The number of nitrogens with one attached hydrogen (secondary N) is 2. The maximum atomic E-state index is 5.32. The minimum Gasteiger partial charge on any atom is -1.00 e. The summed E-state index contributed by atoms with van der Waals surface area (Å²) in [4.78, 5) is 0. The molecule has 6 nitrogen and oxygen atoms in total. The first-order valence-electron chi connectivity index (χ1n) is 8.05. The largest absolute Gasteiger partial charge is 2.00 e. The summed E-state index contributed by atoms with van der Waals surface area (Å²) in [7, 11) is 0. The zero-order valence-corrected chi connectivity index (χ0v) is 27.8. The maximum Gasteiger partial charge on any atom is 2.00 e. The van der Waals surface area contributed by atoms with E-state index in [1.807, 2.05) is 0 Å². The Morgan fingerprint density at radius 3 is 0.759 bits per heavy atom. The van der Waals surface area contributed by atoms with Gasteiger partial charge in [0.2, 0.25) is 0 Å². The number of hydrogen-bond acceptors (Lipinski definition) is 6. The molecule has 0 atom stereocenters. The molecule has 0 aliphatic rings. The van der Waals surface area contributed by atoms with Gasteiger partial charge in [-0.25, -0.2) is 0 Å². The summed E-state index contributed by atoms with van der Waals surface area (Å²) in [6.45, 7) is 7.42.